The van der Waals surface area contributed by atoms with Crippen molar-refractivity contribution < 1.29 is 14.4 Å². The molecule has 0 aliphatic carbocycles. The number of fused-ring (bicyclic) bond motifs is 1. The molecule has 0 radical (unpaired) electrons. The Morgan fingerprint density at radius 1 is 1.23 bits per heavy atom. The second-order valence-electron chi connectivity index (χ2n) is 5.47. The molecule has 4 rings (SSSR count). The number of aromatic nitrogens is 2. The Labute approximate surface area is 166 Å². The third kappa shape index (κ3) is 2.89. The lowest BCUT2D eigenvalue weighted by molar-refractivity contribution is 0.0686. The predicted molar refractivity (Wildman–Crippen MR) is 103 cm³/mol. The van der Waals surface area contributed by atoms with Crippen LogP contribution in [0, 0.1) is 0 Å². The van der Waals surface area contributed by atoms with Crippen LogP contribution in [0.5, 0.6) is 0 Å². The van der Waals surface area contributed by atoms with Gasteiger partial charge in [-0.15, -0.1) is 11.3 Å². The van der Waals surface area contributed by atoms with Crippen molar-refractivity contribution in [3.05, 3.63) is 62.2 Å². The van der Waals surface area contributed by atoms with Crippen LogP contribution in [-0.2, 0) is 6.54 Å². The molecule has 0 aliphatic rings. The zero-order valence-corrected chi connectivity index (χ0v) is 16.0. The fourth-order valence-electron chi connectivity index (χ4n) is 2.80. The predicted octanol–water partition coefficient (Wildman–Crippen LogP) is 6.06. The van der Waals surface area contributed by atoms with Crippen LogP contribution in [-0.4, -0.2) is 20.8 Å². The molecule has 132 valence electrons. The summed E-state index contributed by atoms with van der Waals surface area (Å²) >= 11 is 19.8. The molecule has 0 atom stereocenters. The van der Waals surface area contributed by atoms with Crippen LogP contribution in [0.4, 0.5) is 0 Å². The van der Waals surface area contributed by atoms with Crippen LogP contribution < -0.4 is 0 Å². The van der Waals surface area contributed by atoms with Crippen molar-refractivity contribution in [2.45, 2.75) is 6.54 Å². The molecule has 0 unspecified atom stereocenters. The first-order chi connectivity index (χ1) is 12.5. The molecule has 0 bridgehead atoms. The van der Waals surface area contributed by atoms with Crippen LogP contribution in [0.2, 0.25) is 14.4 Å². The Balaban J connectivity index is 1.80. The number of benzene rings is 1. The highest BCUT2D eigenvalue weighted by atomic mass is 35.5. The maximum Gasteiger partial charge on any atom is 0.354 e. The lowest BCUT2D eigenvalue weighted by Crippen LogP contribution is -2.10. The summed E-state index contributed by atoms with van der Waals surface area (Å²) in [6.45, 7) is 0.174. The largest absolute Gasteiger partial charge is 0.477 e. The molecule has 0 amide bonds. The molecule has 0 fully saturated rings. The summed E-state index contributed by atoms with van der Waals surface area (Å²) in [6.07, 6.45) is 0. The van der Waals surface area contributed by atoms with Crippen molar-refractivity contribution in [1.82, 2.24) is 9.72 Å². The molecule has 5 nitrogen and oxygen atoms in total. The van der Waals surface area contributed by atoms with E-state index in [2.05, 4.69) is 5.16 Å². The third-order valence-electron chi connectivity index (χ3n) is 3.88. The van der Waals surface area contributed by atoms with Gasteiger partial charge in [0.2, 0.25) is 0 Å². The number of thiophene rings is 1. The number of carbonyl (C=O) groups is 1. The second-order valence-corrected chi connectivity index (χ2v) is 7.97. The van der Waals surface area contributed by atoms with E-state index in [1.54, 1.807) is 34.9 Å². The van der Waals surface area contributed by atoms with E-state index in [4.69, 9.17) is 39.3 Å². The van der Waals surface area contributed by atoms with Gasteiger partial charge in [-0.1, -0.05) is 46.0 Å². The first-order valence-electron chi connectivity index (χ1n) is 7.36. The molecule has 9 heteroatoms. The quantitative estimate of drug-likeness (QED) is 0.429. The number of hydrogen-bond donors (Lipinski definition) is 1. The maximum absolute atomic E-state index is 11.7. The fraction of sp³-hybridized carbons (Fsp3) is 0.0588. The molecule has 0 saturated carbocycles. The number of carboxylic acid groups (broad SMARTS) is 1. The molecule has 0 spiro atoms. The molecule has 3 aromatic heterocycles. The van der Waals surface area contributed by atoms with E-state index in [1.807, 2.05) is 6.07 Å². The van der Waals surface area contributed by atoms with Crippen LogP contribution in [0.1, 0.15) is 16.2 Å². The van der Waals surface area contributed by atoms with Gasteiger partial charge in [0.15, 0.2) is 5.76 Å². The lowest BCUT2D eigenvalue weighted by atomic mass is 10.2. The van der Waals surface area contributed by atoms with Gasteiger partial charge < -0.3 is 14.2 Å². The van der Waals surface area contributed by atoms with E-state index in [0.717, 1.165) is 4.88 Å². The van der Waals surface area contributed by atoms with Gasteiger partial charge in [-0.05, 0) is 24.3 Å². The zero-order valence-electron chi connectivity index (χ0n) is 12.9. The first-order valence-corrected chi connectivity index (χ1v) is 9.31. The van der Waals surface area contributed by atoms with E-state index < -0.39 is 5.97 Å². The highest BCUT2D eigenvalue weighted by Crippen LogP contribution is 2.37. The molecule has 4 aromatic rings. The Kier molecular flexibility index (Phi) is 4.44. The molecular weight excluding hydrogens is 419 g/mol. The third-order valence-corrected chi connectivity index (χ3v) is 5.81. The number of halogens is 3. The summed E-state index contributed by atoms with van der Waals surface area (Å²) < 4.78 is 7.57. The Hall–Kier alpha value is -1.99. The smallest absolute Gasteiger partial charge is 0.354 e. The summed E-state index contributed by atoms with van der Waals surface area (Å²) in [5, 5.41) is 14.6. The van der Waals surface area contributed by atoms with E-state index in [-0.39, 0.29) is 17.3 Å². The van der Waals surface area contributed by atoms with E-state index in [9.17, 15) is 9.90 Å². The van der Waals surface area contributed by atoms with Crippen LogP contribution in [0.25, 0.3) is 21.5 Å². The van der Waals surface area contributed by atoms with Gasteiger partial charge in [0.1, 0.15) is 11.4 Å². The highest BCUT2D eigenvalue weighted by Gasteiger charge is 2.23. The van der Waals surface area contributed by atoms with Crippen molar-refractivity contribution in [2.75, 3.05) is 0 Å². The minimum Gasteiger partial charge on any atom is -0.477 e. The van der Waals surface area contributed by atoms with Crippen molar-refractivity contribution in [1.29, 1.82) is 0 Å². The Bertz CT molecular complexity index is 1150. The van der Waals surface area contributed by atoms with Crippen molar-refractivity contribution in [2.24, 2.45) is 0 Å². The summed E-state index contributed by atoms with van der Waals surface area (Å²) in [4.78, 5) is 12.6. The van der Waals surface area contributed by atoms with Gasteiger partial charge in [-0.3, -0.25) is 0 Å². The van der Waals surface area contributed by atoms with E-state index in [0.29, 0.717) is 31.7 Å². The SMILES string of the molecule is O=C(O)c1c(Cl)c2c(Cl)cccc2n1Cc1cc(-c2ccc(Cl)s2)on1. The van der Waals surface area contributed by atoms with Gasteiger partial charge in [0, 0.05) is 11.5 Å². The normalized spacial score (nSPS) is 11.3. The van der Waals surface area contributed by atoms with Crippen LogP contribution in [0.3, 0.4) is 0 Å². The van der Waals surface area contributed by atoms with Gasteiger partial charge in [0.05, 0.1) is 31.3 Å². The monoisotopic (exact) mass is 426 g/mol. The fourth-order valence-corrected chi connectivity index (χ4v) is 4.48. The Morgan fingerprint density at radius 3 is 2.73 bits per heavy atom. The molecule has 3 heterocycles. The summed E-state index contributed by atoms with van der Waals surface area (Å²) in [5.41, 5.74) is 1.13. The van der Waals surface area contributed by atoms with E-state index in [1.165, 1.54) is 11.3 Å². The highest BCUT2D eigenvalue weighted by molar-refractivity contribution is 7.19. The number of rotatable bonds is 4. The topological polar surface area (TPSA) is 68.3 Å². The van der Waals surface area contributed by atoms with Crippen molar-refractivity contribution in [3.8, 4) is 10.6 Å². The average Bonchev–Trinajstić information content (AvgIpc) is 3.27. The average molecular weight is 428 g/mol. The molecular formula is C17H9Cl3N2O3S. The van der Waals surface area contributed by atoms with Crippen molar-refractivity contribution in [3.63, 3.8) is 0 Å². The number of carboxylic acids is 1. The van der Waals surface area contributed by atoms with Gasteiger partial charge in [-0.25, -0.2) is 4.79 Å². The van der Waals surface area contributed by atoms with Crippen molar-refractivity contribution >= 4 is 63.0 Å². The van der Waals surface area contributed by atoms with Crippen LogP contribution >= 0.6 is 46.1 Å². The minimum absolute atomic E-state index is 0.0431. The van der Waals surface area contributed by atoms with E-state index >= 15 is 0 Å². The Morgan fingerprint density at radius 2 is 2.04 bits per heavy atom. The lowest BCUT2D eigenvalue weighted by Gasteiger charge is -2.05. The minimum atomic E-state index is -1.14. The van der Waals surface area contributed by atoms with Crippen LogP contribution in [0.15, 0.2) is 40.9 Å². The summed E-state index contributed by atoms with van der Waals surface area (Å²) in [5.74, 6) is -0.578. The van der Waals surface area contributed by atoms with Gasteiger partial charge >= 0.3 is 5.97 Å². The first kappa shape index (κ1) is 17.4. The molecule has 0 aliphatic heterocycles. The standard InChI is InChI=1S/C17H9Cl3N2O3S/c18-9-2-1-3-10-14(9)15(20)16(17(23)24)22(10)7-8-6-11(25-21-8)12-4-5-13(19)26-12/h1-6H,7H2,(H,23,24). The summed E-state index contributed by atoms with van der Waals surface area (Å²) in [6, 6.07) is 10.5. The molecule has 1 aromatic carbocycles. The maximum atomic E-state index is 11.7. The number of hydrogen-bond acceptors (Lipinski definition) is 4. The number of aromatic carboxylic acids is 1. The summed E-state index contributed by atoms with van der Waals surface area (Å²) in [7, 11) is 0. The molecule has 26 heavy (non-hydrogen) atoms. The van der Waals surface area contributed by atoms with Gasteiger partial charge in [0.25, 0.3) is 0 Å². The second kappa shape index (κ2) is 6.63. The van der Waals surface area contributed by atoms with Gasteiger partial charge in [-0.2, -0.15) is 0 Å². The number of nitrogens with zero attached hydrogens (tertiary/aromatic N) is 2. The zero-order chi connectivity index (χ0) is 18.4. The molecule has 0 saturated heterocycles. The molecule has 1 N–H and O–H groups in total.